The third-order valence-corrected chi connectivity index (χ3v) is 4.49. The second kappa shape index (κ2) is 7.78. The van der Waals surface area contributed by atoms with Crippen LogP contribution < -0.4 is 15.7 Å². The van der Waals surface area contributed by atoms with Crippen LogP contribution in [-0.4, -0.2) is 26.9 Å². The number of fused-ring (bicyclic) bond motifs is 3. The van der Waals surface area contributed by atoms with Crippen molar-refractivity contribution in [3.63, 3.8) is 0 Å². The van der Waals surface area contributed by atoms with Gasteiger partial charge in [-0.05, 0) is 36.8 Å². The zero-order valence-electron chi connectivity index (χ0n) is 15.8. The van der Waals surface area contributed by atoms with E-state index < -0.39 is 5.63 Å². The molecule has 0 bridgehead atoms. The quantitative estimate of drug-likeness (QED) is 0.372. The van der Waals surface area contributed by atoms with Crippen LogP contribution in [0.3, 0.4) is 0 Å². The second-order valence-electron chi connectivity index (χ2n) is 6.27. The number of rotatable bonds is 7. The van der Waals surface area contributed by atoms with Crippen molar-refractivity contribution in [1.29, 1.82) is 0 Å². The molecule has 0 aliphatic heterocycles. The first-order valence-corrected chi connectivity index (χ1v) is 9.17. The average molecular weight is 379 g/mol. The minimum atomic E-state index is -0.430. The summed E-state index contributed by atoms with van der Waals surface area (Å²) in [5.41, 5.74) is 2.09. The molecule has 1 N–H and O–H groups in total. The molecule has 0 aliphatic rings. The number of hydrogen-bond acceptors (Lipinski definition) is 6. The predicted octanol–water partition coefficient (Wildman–Crippen LogP) is 4.66. The Hall–Kier alpha value is -3.25. The number of methoxy groups -OCH3 is 1. The van der Waals surface area contributed by atoms with Gasteiger partial charge >= 0.3 is 5.63 Å². The van der Waals surface area contributed by atoms with Crippen LogP contribution in [0.25, 0.3) is 33.1 Å². The summed E-state index contributed by atoms with van der Waals surface area (Å²) in [7, 11) is 1.63. The maximum Gasteiger partial charge on any atom is 0.348 e. The highest BCUT2D eigenvalue weighted by Crippen LogP contribution is 2.40. The summed E-state index contributed by atoms with van der Waals surface area (Å²) in [5.74, 6) is 1.28. The molecule has 0 aliphatic carbocycles. The van der Waals surface area contributed by atoms with Crippen molar-refractivity contribution in [2.75, 3.05) is 32.2 Å². The fourth-order valence-corrected chi connectivity index (χ4v) is 3.26. The Morgan fingerprint density at radius 1 is 1.04 bits per heavy atom. The van der Waals surface area contributed by atoms with Crippen molar-refractivity contribution < 1.29 is 18.3 Å². The molecule has 4 rings (SSSR count). The Bertz CT molecular complexity index is 1160. The molecular formula is C22H21NO5. The molecule has 2 aromatic carbocycles. The van der Waals surface area contributed by atoms with E-state index in [9.17, 15) is 4.79 Å². The number of para-hydroxylation sites is 1. The van der Waals surface area contributed by atoms with E-state index in [4.69, 9.17) is 18.3 Å². The fourth-order valence-electron chi connectivity index (χ4n) is 3.26. The lowest BCUT2D eigenvalue weighted by Crippen LogP contribution is -2.07. The van der Waals surface area contributed by atoms with Crippen LogP contribution in [0.2, 0.25) is 0 Å². The van der Waals surface area contributed by atoms with Crippen LogP contribution in [-0.2, 0) is 4.74 Å². The zero-order valence-corrected chi connectivity index (χ0v) is 15.8. The molecule has 0 unspecified atom stereocenters. The largest absolute Gasteiger partial charge is 0.494 e. The van der Waals surface area contributed by atoms with Gasteiger partial charge < -0.3 is 23.6 Å². The van der Waals surface area contributed by atoms with E-state index in [0.29, 0.717) is 47.8 Å². The Balaban J connectivity index is 1.94. The van der Waals surface area contributed by atoms with Crippen LogP contribution in [0.4, 0.5) is 5.88 Å². The third kappa shape index (κ3) is 3.23. The van der Waals surface area contributed by atoms with Gasteiger partial charge in [-0.2, -0.15) is 0 Å². The number of nitrogens with one attached hydrogen (secondary N) is 1. The number of benzene rings is 2. The molecular weight excluding hydrogens is 358 g/mol. The monoisotopic (exact) mass is 379 g/mol. The fraction of sp³-hybridized carbons (Fsp3) is 0.227. The zero-order chi connectivity index (χ0) is 19.5. The molecule has 28 heavy (non-hydrogen) atoms. The first kappa shape index (κ1) is 18.1. The van der Waals surface area contributed by atoms with E-state index in [-0.39, 0.29) is 0 Å². The van der Waals surface area contributed by atoms with Gasteiger partial charge in [0, 0.05) is 13.7 Å². The van der Waals surface area contributed by atoms with Gasteiger partial charge in [-0.1, -0.05) is 24.3 Å². The maximum absolute atomic E-state index is 12.8. The predicted molar refractivity (Wildman–Crippen MR) is 109 cm³/mol. The molecule has 2 heterocycles. The first-order valence-electron chi connectivity index (χ1n) is 9.17. The Labute approximate surface area is 161 Å². The molecule has 0 fully saturated rings. The van der Waals surface area contributed by atoms with Crippen molar-refractivity contribution in [3.8, 4) is 16.9 Å². The summed E-state index contributed by atoms with van der Waals surface area (Å²) in [6.07, 6.45) is 0. The topological polar surface area (TPSA) is 73.8 Å². The van der Waals surface area contributed by atoms with Crippen molar-refractivity contribution in [1.82, 2.24) is 0 Å². The summed E-state index contributed by atoms with van der Waals surface area (Å²) >= 11 is 0. The first-order chi connectivity index (χ1) is 13.7. The summed E-state index contributed by atoms with van der Waals surface area (Å²) in [6, 6.07) is 14.9. The summed E-state index contributed by atoms with van der Waals surface area (Å²) in [5, 5.41) is 4.40. The van der Waals surface area contributed by atoms with Crippen LogP contribution in [0.5, 0.6) is 5.75 Å². The smallest absolute Gasteiger partial charge is 0.348 e. The lowest BCUT2D eigenvalue weighted by Gasteiger charge is -2.07. The molecule has 0 amide bonds. The molecule has 2 aromatic heterocycles. The van der Waals surface area contributed by atoms with Crippen molar-refractivity contribution in [2.45, 2.75) is 6.92 Å². The molecule has 6 nitrogen and oxygen atoms in total. The van der Waals surface area contributed by atoms with Crippen LogP contribution >= 0.6 is 0 Å². The van der Waals surface area contributed by atoms with Gasteiger partial charge in [-0.15, -0.1) is 0 Å². The van der Waals surface area contributed by atoms with Crippen LogP contribution in [0.15, 0.2) is 62.2 Å². The lowest BCUT2D eigenvalue weighted by molar-refractivity contribution is 0.210. The molecule has 6 heteroatoms. The molecule has 0 atom stereocenters. The average Bonchev–Trinajstić information content (AvgIpc) is 3.09. The van der Waals surface area contributed by atoms with E-state index in [1.54, 1.807) is 13.2 Å². The van der Waals surface area contributed by atoms with Crippen molar-refractivity contribution in [2.24, 2.45) is 0 Å². The molecule has 0 saturated carbocycles. The normalized spacial score (nSPS) is 11.2. The number of anilines is 1. The third-order valence-electron chi connectivity index (χ3n) is 4.49. The Morgan fingerprint density at radius 3 is 2.57 bits per heavy atom. The van der Waals surface area contributed by atoms with Gasteiger partial charge in [0.05, 0.1) is 24.2 Å². The highest BCUT2D eigenvalue weighted by atomic mass is 16.5. The molecule has 144 valence electrons. The molecule has 0 saturated heterocycles. The summed E-state index contributed by atoms with van der Waals surface area (Å²) < 4.78 is 22.3. The lowest BCUT2D eigenvalue weighted by atomic mass is 10.0. The van der Waals surface area contributed by atoms with Gasteiger partial charge in [0.2, 0.25) is 5.88 Å². The minimum absolute atomic E-state index is 0.419. The minimum Gasteiger partial charge on any atom is -0.494 e. The second-order valence-corrected chi connectivity index (χ2v) is 6.27. The number of furan rings is 1. The van der Waals surface area contributed by atoms with E-state index in [1.165, 1.54) is 0 Å². The van der Waals surface area contributed by atoms with Crippen LogP contribution in [0.1, 0.15) is 6.92 Å². The van der Waals surface area contributed by atoms with Gasteiger partial charge in [0.25, 0.3) is 0 Å². The number of hydrogen-bond donors (Lipinski definition) is 1. The molecule has 4 aromatic rings. The van der Waals surface area contributed by atoms with Gasteiger partial charge in [0.1, 0.15) is 16.7 Å². The van der Waals surface area contributed by atoms with Gasteiger partial charge in [-0.3, -0.25) is 0 Å². The van der Waals surface area contributed by atoms with Gasteiger partial charge in [0.15, 0.2) is 5.58 Å². The Morgan fingerprint density at radius 2 is 1.82 bits per heavy atom. The standard InChI is InChI=1S/C22H21NO5/c1-3-26-15-10-8-14(9-11-15)18-19-20(28-21(18)23-12-13-25-2)16-6-4-5-7-17(16)27-22(19)24/h4-11,23H,3,12-13H2,1-2H3. The number of ether oxygens (including phenoxy) is 2. The molecule has 0 spiro atoms. The van der Waals surface area contributed by atoms with E-state index in [0.717, 1.165) is 16.7 Å². The Kier molecular flexibility index (Phi) is 5.04. The SMILES string of the molecule is CCOc1ccc(-c2c(NCCOC)oc3c2c(=O)oc2ccccc23)cc1. The summed E-state index contributed by atoms with van der Waals surface area (Å²) in [6.45, 7) is 3.58. The highest BCUT2D eigenvalue weighted by Gasteiger charge is 2.22. The van der Waals surface area contributed by atoms with Gasteiger partial charge in [-0.25, -0.2) is 4.79 Å². The summed E-state index contributed by atoms with van der Waals surface area (Å²) in [4.78, 5) is 12.8. The van der Waals surface area contributed by atoms with E-state index in [1.807, 2.05) is 49.4 Å². The molecule has 0 radical (unpaired) electrons. The van der Waals surface area contributed by atoms with E-state index in [2.05, 4.69) is 5.32 Å². The van der Waals surface area contributed by atoms with Crippen LogP contribution in [0, 0.1) is 0 Å². The highest BCUT2D eigenvalue weighted by molar-refractivity contribution is 6.09. The maximum atomic E-state index is 12.8. The van der Waals surface area contributed by atoms with E-state index >= 15 is 0 Å². The van der Waals surface area contributed by atoms with Crippen molar-refractivity contribution in [3.05, 3.63) is 59.0 Å². The van der Waals surface area contributed by atoms with Crippen molar-refractivity contribution >= 4 is 27.8 Å².